The van der Waals surface area contributed by atoms with Gasteiger partial charge in [0.25, 0.3) is 0 Å². The molecule has 138 valence electrons. The number of fused-ring (bicyclic) bond motifs is 1. The van der Waals surface area contributed by atoms with Crippen LogP contribution in [0.2, 0.25) is 0 Å². The van der Waals surface area contributed by atoms with Crippen molar-refractivity contribution >= 4 is 22.8 Å². The number of hydrogen-bond acceptors (Lipinski definition) is 7. The fourth-order valence-electron chi connectivity index (χ4n) is 2.76. The molecule has 4 rings (SSSR count). The van der Waals surface area contributed by atoms with Gasteiger partial charge in [-0.2, -0.15) is 10.1 Å². The lowest BCUT2D eigenvalue weighted by molar-refractivity contribution is 0.374. The van der Waals surface area contributed by atoms with Crippen LogP contribution in [0.1, 0.15) is 43.7 Å². The van der Waals surface area contributed by atoms with Gasteiger partial charge in [-0.1, -0.05) is 48.5 Å². The SMILES string of the molecule is CCCCc1noc(C(C)Sc2ncnc3c2cnn3-c2ccccc2)n1. The average Bonchev–Trinajstić information content (AvgIpc) is 3.35. The Morgan fingerprint density at radius 3 is 2.85 bits per heavy atom. The predicted octanol–water partition coefficient (Wildman–Crippen LogP) is 4.39. The highest BCUT2D eigenvalue weighted by Gasteiger charge is 2.19. The van der Waals surface area contributed by atoms with Gasteiger partial charge >= 0.3 is 0 Å². The Hall–Kier alpha value is -2.74. The van der Waals surface area contributed by atoms with Gasteiger partial charge in [0, 0.05) is 6.42 Å². The lowest BCUT2D eigenvalue weighted by Crippen LogP contribution is -1.98. The Bertz CT molecular complexity index is 1030. The third-order valence-electron chi connectivity index (χ3n) is 4.20. The van der Waals surface area contributed by atoms with Crippen LogP contribution in [0.3, 0.4) is 0 Å². The molecule has 8 heteroatoms. The molecule has 3 heterocycles. The van der Waals surface area contributed by atoms with Gasteiger partial charge in [-0.25, -0.2) is 14.6 Å². The molecule has 0 saturated carbocycles. The summed E-state index contributed by atoms with van der Waals surface area (Å²) in [7, 11) is 0. The summed E-state index contributed by atoms with van der Waals surface area (Å²) in [5.41, 5.74) is 1.74. The Morgan fingerprint density at radius 2 is 2.04 bits per heavy atom. The minimum atomic E-state index is -0.00829. The maximum atomic E-state index is 5.44. The van der Waals surface area contributed by atoms with Crippen molar-refractivity contribution in [1.82, 2.24) is 29.9 Å². The van der Waals surface area contributed by atoms with Crippen LogP contribution in [0.15, 0.2) is 52.4 Å². The zero-order valence-electron chi connectivity index (χ0n) is 15.2. The van der Waals surface area contributed by atoms with Crippen molar-refractivity contribution < 1.29 is 4.52 Å². The van der Waals surface area contributed by atoms with Crippen LogP contribution in [0.5, 0.6) is 0 Å². The van der Waals surface area contributed by atoms with Crippen molar-refractivity contribution in [2.24, 2.45) is 0 Å². The number of unbranched alkanes of at least 4 members (excludes halogenated alkanes) is 1. The number of benzene rings is 1. The molecule has 7 nitrogen and oxygen atoms in total. The van der Waals surface area contributed by atoms with Crippen molar-refractivity contribution in [1.29, 1.82) is 0 Å². The molecular formula is C19H20N6OS. The fraction of sp³-hybridized carbons (Fsp3) is 0.316. The molecule has 0 fully saturated rings. The summed E-state index contributed by atoms with van der Waals surface area (Å²) in [5, 5.41) is 10.3. The first-order valence-electron chi connectivity index (χ1n) is 8.99. The van der Waals surface area contributed by atoms with Crippen molar-refractivity contribution in [2.45, 2.75) is 43.4 Å². The van der Waals surface area contributed by atoms with Crippen LogP contribution in [-0.4, -0.2) is 29.9 Å². The molecule has 27 heavy (non-hydrogen) atoms. The molecule has 0 bridgehead atoms. The zero-order valence-corrected chi connectivity index (χ0v) is 16.1. The van der Waals surface area contributed by atoms with Crippen molar-refractivity contribution in [3.63, 3.8) is 0 Å². The van der Waals surface area contributed by atoms with Crippen LogP contribution in [-0.2, 0) is 6.42 Å². The molecule has 0 aliphatic carbocycles. The summed E-state index contributed by atoms with van der Waals surface area (Å²) in [6.07, 6.45) is 6.39. The molecule has 3 aromatic heterocycles. The van der Waals surface area contributed by atoms with Crippen LogP contribution < -0.4 is 0 Å². The maximum absolute atomic E-state index is 5.44. The summed E-state index contributed by atoms with van der Waals surface area (Å²) in [5.74, 6) is 1.39. The average molecular weight is 380 g/mol. The number of thioether (sulfide) groups is 1. The minimum Gasteiger partial charge on any atom is -0.338 e. The molecule has 1 unspecified atom stereocenters. The van der Waals surface area contributed by atoms with Crippen LogP contribution in [0.4, 0.5) is 0 Å². The molecule has 0 amide bonds. The van der Waals surface area contributed by atoms with Gasteiger partial charge in [-0.15, -0.1) is 0 Å². The first kappa shape index (κ1) is 17.7. The van der Waals surface area contributed by atoms with Crippen LogP contribution in [0, 0.1) is 0 Å². The number of aromatic nitrogens is 6. The highest BCUT2D eigenvalue weighted by atomic mass is 32.2. The van der Waals surface area contributed by atoms with Gasteiger partial charge in [-0.05, 0) is 25.5 Å². The van der Waals surface area contributed by atoms with Gasteiger partial charge in [0.2, 0.25) is 5.89 Å². The standard InChI is InChI=1S/C19H20N6OS/c1-3-4-10-16-23-18(26-24-16)13(2)27-19-15-11-22-25(17(15)20-12-21-19)14-8-6-5-7-9-14/h5-9,11-13H,3-4,10H2,1-2H3. The largest absolute Gasteiger partial charge is 0.338 e. The van der Waals surface area contributed by atoms with Gasteiger partial charge < -0.3 is 4.52 Å². The third kappa shape index (κ3) is 3.71. The molecule has 1 atom stereocenters. The molecule has 1 aromatic carbocycles. The summed E-state index contributed by atoms with van der Waals surface area (Å²) in [4.78, 5) is 13.4. The van der Waals surface area contributed by atoms with E-state index in [1.807, 2.05) is 41.9 Å². The second-order valence-electron chi connectivity index (χ2n) is 6.22. The number of para-hydroxylation sites is 1. The highest BCUT2D eigenvalue weighted by molar-refractivity contribution is 7.99. The van der Waals surface area contributed by atoms with Gasteiger partial charge in [-0.3, -0.25) is 0 Å². The maximum Gasteiger partial charge on any atom is 0.239 e. The molecule has 0 spiro atoms. The van der Waals surface area contributed by atoms with Crippen molar-refractivity contribution in [3.05, 3.63) is 54.6 Å². The van der Waals surface area contributed by atoms with E-state index in [-0.39, 0.29) is 5.25 Å². The molecule has 0 N–H and O–H groups in total. The normalized spacial score (nSPS) is 12.5. The van der Waals surface area contributed by atoms with Crippen LogP contribution >= 0.6 is 11.8 Å². The number of rotatable bonds is 7. The van der Waals surface area contributed by atoms with E-state index in [9.17, 15) is 0 Å². The van der Waals surface area contributed by atoms with Crippen molar-refractivity contribution in [2.75, 3.05) is 0 Å². The van der Waals surface area contributed by atoms with Gasteiger partial charge in [0.05, 0.1) is 22.5 Å². The first-order valence-corrected chi connectivity index (χ1v) is 9.87. The monoisotopic (exact) mass is 380 g/mol. The second-order valence-corrected chi connectivity index (χ2v) is 7.55. The van der Waals surface area contributed by atoms with E-state index in [0.717, 1.165) is 46.8 Å². The Balaban J connectivity index is 1.59. The first-order chi connectivity index (χ1) is 13.3. The van der Waals surface area contributed by atoms with Gasteiger partial charge in [0.15, 0.2) is 11.5 Å². The zero-order chi connectivity index (χ0) is 18.6. The summed E-state index contributed by atoms with van der Waals surface area (Å²) < 4.78 is 7.26. The van der Waals surface area contributed by atoms with E-state index < -0.39 is 0 Å². The summed E-state index contributed by atoms with van der Waals surface area (Å²) >= 11 is 1.57. The Morgan fingerprint density at radius 1 is 1.19 bits per heavy atom. The third-order valence-corrected chi connectivity index (χ3v) is 5.31. The topological polar surface area (TPSA) is 82.5 Å². The van der Waals surface area contributed by atoms with E-state index in [2.05, 4.69) is 32.1 Å². The van der Waals surface area contributed by atoms with E-state index in [4.69, 9.17) is 4.52 Å². The molecule has 4 aromatic rings. The number of nitrogens with zero attached hydrogens (tertiary/aromatic N) is 6. The second kappa shape index (κ2) is 7.87. The quantitative estimate of drug-likeness (QED) is 0.347. The van der Waals surface area contributed by atoms with Crippen LogP contribution in [0.25, 0.3) is 16.7 Å². The minimum absolute atomic E-state index is 0.00829. The summed E-state index contributed by atoms with van der Waals surface area (Å²) in [6.45, 7) is 4.19. The van der Waals surface area contributed by atoms with E-state index in [1.54, 1.807) is 24.3 Å². The molecular weight excluding hydrogens is 360 g/mol. The highest BCUT2D eigenvalue weighted by Crippen LogP contribution is 2.36. The van der Waals surface area contributed by atoms with Crippen molar-refractivity contribution in [3.8, 4) is 5.69 Å². The summed E-state index contributed by atoms with van der Waals surface area (Å²) in [6, 6.07) is 9.94. The Labute approximate surface area is 161 Å². The molecule has 0 aliphatic rings. The van der Waals surface area contributed by atoms with E-state index in [1.165, 1.54) is 0 Å². The van der Waals surface area contributed by atoms with E-state index >= 15 is 0 Å². The van der Waals surface area contributed by atoms with Gasteiger partial charge in [0.1, 0.15) is 11.4 Å². The number of hydrogen-bond donors (Lipinski definition) is 0. The molecule has 0 radical (unpaired) electrons. The molecule has 0 aliphatic heterocycles. The van der Waals surface area contributed by atoms with E-state index in [0.29, 0.717) is 5.89 Å². The lowest BCUT2D eigenvalue weighted by Gasteiger charge is -2.07. The fourth-order valence-corrected chi connectivity index (χ4v) is 3.67. The number of aryl methyl sites for hydroxylation is 1. The Kier molecular flexibility index (Phi) is 5.15. The smallest absolute Gasteiger partial charge is 0.239 e. The predicted molar refractivity (Wildman–Crippen MR) is 104 cm³/mol. The molecule has 0 saturated heterocycles. The lowest BCUT2D eigenvalue weighted by atomic mass is 10.2.